The van der Waals surface area contributed by atoms with Crippen LogP contribution in [0.5, 0.6) is 0 Å². The van der Waals surface area contributed by atoms with Gasteiger partial charge in [-0.05, 0) is 55.3 Å². The highest BCUT2D eigenvalue weighted by molar-refractivity contribution is 6.30. The summed E-state index contributed by atoms with van der Waals surface area (Å²) in [7, 11) is 0. The van der Waals surface area contributed by atoms with Crippen LogP contribution in [0.4, 0.5) is 17.2 Å². The van der Waals surface area contributed by atoms with E-state index in [1.165, 1.54) is 11.8 Å². The highest BCUT2D eigenvalue weighted by atomic mass is 35.5. The quantitative estimate of drug-likeness (QED) is 0.711. The van der Waals surface area contributed by atoms with Crippen molar-refractivity contribution in [1.29, 1.82) is 0 Å². The fraction of sp³-hybridized carbons (Fsp3) is 0.105. The summed E-state index contributed by atoms with van der Waals surface area (Å²) in [6.45, 7) is 4.09. The van der Waals surface area contributed by atoms with Gasteiger partial charge in [0.1, 0.15) is 11.5 Å². The maximum atomic E-state index is 12.2. The Bertz CT molecular complexity index is 892. The number of carbonyl (C=O) groups is 1. The molecule has 0 unspecified atom stereocenters. The van der Waals surface area contributed by atoms with Gasteiger partial charge in [-0.3, -0.25) is 4.79 Å². The predicted octanol–water partition coefficient (Wildman–Crippen LogP) is 4.74. The zero-order valence-electron chi connectivity index (χ0n) is 13.9. The number of benzene rings is 2. The standard InChI is InChI=1S/C19H17ClN4O/c1-12-4-3-5-16(13(12)2)24-18-11-21-17(10-22-18)19(25)23-15-8-6-14(20)7-9-15/h3-11H,1-2H3,(H,22,24)(H,23,25). The van der Waals surface area contributed by atoms with E-state index in [1.54, 1.807) is 30.5 Å². The highest BCUT2D eigenvalue weighted by Crippen LogP contribution is 2.21. The van der Waals surface area contributed by atoms with Gasteiger partial charge in [-0.1, -0.05) is 23.7 Å². The molecule has 0 bridgehead atoms. The molecule has 0 saturated carbocycles. The molecule has 0 aliphatic rings. The molecule has 3 rings (SSSR count). The van der Waals surface area contributed by atoms with Gasteiger partial charge in [0.25, 0.3) is 5.91 Å². The molecular formula is C19H17ClN4O. The third-order valence-corrected chi connectivity index (χ3v) is 4.11. The lowest BCUT2D eigenvalue weighted by atomic mass is 10.1. The molecule has 1 amide bonds. The molecule has 1 heterocycles. The van der Waals surface area contributed by atoms with Gasteiger partial charge in [-0.15, -0.1) is 0 Å². The number of aryl methyl sites for hydroxylation is 1. The first kappa shape index (κ1) is 16.9. The molecule has 126 valence electrons. The predicted molar refractivity (Wildman–Crippen MR) is 101 cm³/mol. The normalized spacial score (nSPS) is 10.4. The van der Waals surface area contributed by atoms with Crippen molar-refractivity contribution in [3.63, 3.8) is 0 Å². The van der Waals surface area contributed by atoms with Crippen LogP contribution in [0.3, 0.4) is 0 Å². The highest BCUT2D eigenvalue weighted by Gasteiger charge is 2.09. The molecule has 1 aromatic heterocycles. The van der Waals surface area contributed by atoms with Crippen molar-refractivity contribution in [2.45, 2.75) is 13.8 Å². The van der Waals surface area contributed by atoms with Crippen molar-refractivity contribution >= 4 is 34.7 Å². The summed E-state index contributed by atoms with van der Waals surface area (Å²) in [5, 5.41) is 6.58. The van der Waals surface area contributed by atoms with Crippen LogP contribution in [0.25, 0.3) is 0 Å². The van der Waals surface area contributed by atoms with Gasteiger partial charge >= 0.3 is 0 Å². The second kappa shape index (κ2) is 7.32. The van der Waals surface area contributed by atoms with Crippen LogP contribution in [-0.2, 0) is 0 Å². The summed E-state index contributed by atoms with van der Waals surface area (Å²) in [5.41, 5.74) is 4.19. The molecule has 0 atom stereocenters. The third kappa shape index (κ3) is 4.14. The molecule has 2 N–H and O–H groups in total. The van der Waals surface area contributed by atoms with Crippen molar-refractivity contribution < 1.29 is 4.79 Å². The van der Waals surface area contributed by atoms with Crippen LogP contribution in [0.15, 0.2) is 54.9 Å². The van der Waals surface area contributed by atoms with Crippen LogP contribution in [0, 0.1) is 13.8 Å². The van der Waals surface area contributed by atoms with Gasteiger partial charge in [0.15, 0.2) is 0 Å². The summed E-state index contributed by atoms with van der Waals surface area (Å²) in [5.74, 6) is 0.254. The van der Waals surface area contributed by atoms with Crippen molar-refractivity contribution in [3.8, 4) is 0 Å². The van der Waals surface area contributed by atoms with E-state index < -0.39 is 0 Å². The number of carbonyl (C=O) groups excluding carboxylic acids is 1. The van der Waals surface area contributed by atoms with Gasteiger partial charge in [-0.25, -0.2) is 9.97 Å². The van der Waals surface area contributed by atoms with E-state index in [2.05, 4.69) is 33.6 Å². The zero-order valence-corrected chi connectivity index (χ0v) is 14.6. The topological polar surface area (TPSA) is 66.9 Å². The monoisotopic (exact) mass is 352 g/mol. The minimum absolute atomic E-state index is 0.237. The Kier molecular flexibility index (Phi) is 4.95. The lowest BCUT2D eigenvalue weighted by molar-refractivity contribution is 0.102. The number of nitrogens with one attached hydrogen (secondary N) is 2. The summed E-state index contributed by atoms with van der Waals surface area (Å²) < 4.78 is 0. The number of rotatable bonds is 4. The van der Waals surface area contributed by atoms with Crippen LogP contribution in [0.2, 0.25) is 5.02 Å². The number of aromatic nitrogens is 2. The molecule has 3 aromatic rings. The van der Waals surface area contributed by atoms with Crippen molar-refractivity contribution in [2.24, 2.45) is 0 Å². The number of hydrogen-bond acceptors (Lipinski definition) is 4. The Balaban J connectivity index is 1.70. The largest absolute Gasteiger partial charge is 0.339 e. The Morgan fingerprint density at radius 3 is 2.44 bits per heavy atom. The van der Waals surface area contributed by atoms with E-state index in [0.29, 0.717) is 16.5 Å². The minimum atomic E-state index is -0.326. The average Bonchev–Trinajstić information content (AvgIpc) is 2.61. The van der Waals surface area contributed by atoms with E-state index >= 15 is 0 Å². The van der Waals surface area contributed by atoms with Gasteiger partial charge in [0.05, 0.1) is 12.4 Å². The van der Waals surface area contributed by atoms with Crippen LogP contribution in [0.1, 0.15) is 21.6 Å². The van der Waals surface area contributed by atoms with E-state index in [0.717, 1.165) is 11.3 Å². The molecule has 0 aliphatic heterocycles. The van der Waals surface area contributed by atoms with Gasteiger partial charge < -0.3 is 10.6 Å². The van der Waals surface area contributed by atoms with Crippen LogP contribution >= 0.6 is 11.6 Å². The fourth-order valence-corrected chi connectivity index (χ4v) is 2.39. The lowest BCUT2D eigenvalue weighted by Crippen LogP contribution is -2.14. The number of nitrogens with zero attached hydrogens (tertiary/aromatic N) is 2. The van der Waals surface area contributed by atoms with E-state index in [1.807, 2.05) is 19.1 Å². The summed E-state index contributed by atoms with van der Waals surface area (Å²) in [6, 6.07) is 12.9. The molecule has 6 heteroatoms. The lowest BCUT2D eigenvalue weighted by Gasteiger charge is -2.10. The van der Waals surface area contributed by atoms with Crippen molar-refractivity contribution in [1.82, 2.24) is 9.97 Å². The molecule has 0 saturated heterocycles. The van der Waals surface area contributed by atoms with Gasteiger partial charge in [0.2, 0.25) is 0 Å². The maximum absolute atomic E-state index is 12.2. The first-order valence-electron chi connectivity index (χ1n) is 7.75. The van der Waals surface area contributed by atoms with Crippen LogP contribution < -0.4 is 10.6 Å². The maximum Gasteiger partial charge on any atom is 0.275 e. The Labute approximate surface area is 151 Å². The van der Waals surface area contributed by atoms with Crippen LogP contribution in [-0.4, -0.2) is 15.9 Å². The molecule has 5 nitrogen and oxygen atoms in total. The van der Waals surface area contributed by atoms with E-state index in [-0.39, 0.29) is 11.6 Å². The Morgan fingerprint density at radius 1 is 1.00 bits per heavy atom. The molecule has 25 heavy (non-hydrogen) atoms. The zero-order chi connectivity index (χ0) is 17.8. The summed E-state index contributed by atoms with van der Waals surface area (Å²) >= 11 is 5.83. The molecule has 0 radical (unpaired) electrons. The van der Waals surface area contributed by atoms with Gasteiger partial charge in [-0.2, -0.15) is 0 Å². The van der Waals surface area contributed by atoms with E-state index in [4.69, 9.17) is 11.6 Å². The second-order valence-corrected chi connectivity index (χ2v) is 6.06. The Hall–Kier alpha value is -2.92. The molecule has 0 fully saturated rings. The first-order chi connectivity index (χ1) is 12.0. The smallest absolute Gasteiger partial charge is 0.275 e. The molecule has 2 aromatic carbocycles. The molecule has 0 spiro atoms. The number of hydrogen-bond donors (Lipinski definition) is 2. The molecular weight excluding hydrogens is 336 g/mol. The molecule has 0 aliphatic carbocycles. The Morgan fingerprint density at radius 2 is 1.76 bits per heavy atom. The van der Waals surface area contributed by atoms with Gasteiger partial charge in [0, 0.05) is 16.4 Å². The van der Waals surface area contributed by atoms with Crippen molar-refractivity contribution in [3.05, 3.63) is 76.7 Å². The third-order valence-electron chi connectivity index (χ3n) is 3.85. The first-order valence-corrected chi connectivity index (χ1v) is 8.13. The SMILES string of the molecule is Cc1cccc(Nc2cnc(C(=O)Nc3ccc(Cl)cc3)cn2)c1C. The number of amides is 1. The average molecular weight is 353 g/mol. The number of anilines is 3. The fourth-order valence-electron chi connectivity index (χ4n) is 2.26. The summed E-state index contributed by atoms with van der Waals surface area (Å²) in [4.78, 5) is 20.6. The summed E-state index contributed by atoms with van der Waals surface area (Å²) in [6.07, 6.45) is 2.98. The minimum Gasteiger partial charge on any atom is -0.339 e. The second-order valence-electron chi connectivity index (χ2n) is 5.62. The number of halogens is 1. The van der Waals surface area contributed by atoms with Crippen molar-refractivity contribution in [2.75, 3.05) is 10.6 Å². The van der Waals surface area contributed by atoms with E-state index in [9.17, 15) is 4.79 Å².